The molecule has 2 aliphatic heterocycles. The van der Waals surface area contributed by atoms with Crippen molar-refractivity contribution in [1.29, 1.82) is 0 Å². The lowest BCUT2D eigenvalue weighted by Gasteiger charge is -2.36. The highest BCUT2D eigenvalue weighted by molar-refractivity contribution is 7.11. The van der Waals surface area contributed by atoms with E-state index in [-0.39, 0.29) is 0 Å². The first-order valence-electron chi connectivity index (χ1n) is 11.8. The van der Waals surface area contributed by atoms with Crippen LogP contribution in [0.1, 0.15) is 21.9 Å². The number of rotatable bonds is 6. The van der Waals surface area contributed by atoms with Crippen molar-refractivity contribution < 1.29 is 55.3 Å². The van der Waals surface area contributed by atoms with Gasteiger partial charge in [0.15, 0.2) is 0 Å². The zero-order valence-corrected chi connectivity index (χ0v) is 22.0. The van der Waals surface area contributed by atoms with Crippen LogP contribution >= 0.6 is 11.3 Å². The second-order valence-corrected chi connectivity index (χ2v) is 10.6. The Morgan fingerprint density at radius 3 is 2.21 bits per heavy atom. The molecule has 2 aromatic heterocycles. The monoisotopic (exact) mass is 588 g/mol. The van der Waals surface area contributed by atoms with Crippen molar-refractivity contribution in [2.75, 3.05) is 33.3 Å². The lowest BCUT2D eigenvalue weighted by molar-refractivity contribution is -0.193. The van der Waals surface area contributed by atoms with Gasteiger partial charge in [0.2, 0.25) is 0 Å². The van der Waals surface area contributed by atoms with Crippen LogP contribution in [0.3, 0.4) is 0 Å². The van der Waals surface area contributed by atoms with Gasteiger partial charge in [0.25, 0.3) is 0 Å². The van der Waals surface area contributed by atoms with E-state index in [1.54, 1.807) is 6.26 Å². The molecular weight excluding hydrogens is 558 g/mol. The molecule has 0 amide bonds. The van der Waals surface area contributed by atoms with Crippen molar-refractivity contribution in [3.8, 4) is 0 Å². The second kappa shape index (κ2) is 14.1. The number of nitrogens with zero attached hydrogens (tertiary/aromatic N) is 2. The van der Waals surface area contributed by atoms with E-state index in [1.807, 2.05) is 23.5 Å². The third kappa shape index (κ3) is 11.2. The molecule has 2 aromatic rings. The van der Waals surface area contributed by atoms with E-state index in [9.17, 15) is 26.3 Å². The topological polar surface area (TPSA) is 103 Å². The Morgan fingerprint density at radius 2 is 1.72 bits per heavy atom. The van der Waals surface area contributed by atoms with Crippen molar-refractivity contribution in [1.82, 2.24) is 9.80 Å². The summed E-state index contributed by atoms with van der Waals surface area (Å²) in [6.45, 7) is 8.43. The van der Waals surface area contributed by atoms with Gasteiger partial charge >= 0.3 is 24.3 Å². The molecule has 4 rings (SSSR count). The number of halogens is 6. The van der Waals surface area contributed by atoms with Crippen LogP contribution in [0.5, 0.6) is 0 Å². The number of alkyl halides is 6. The van der Waals surface area contributed by atoms with Crippen LogP contribution in [-0.2, 0) is 27.4 Å². The SMILES string of the molecule is Cc1ccc(CN2CC[C@H]3CO[C@H](CN(C)Cc4ccco4)[C@H]3C2)s1.O=C(O)C(F)(F)F.O=C(O)C(F)(F)F. The minimum absolute atomic E-state index is 0.345. The standard InChI is InChI=1S/C20H28N2O2S.2C2HF3O2/c1-15-5-6-18(25-15)11-22-8-7-16-14-24-20(19(16)12-22)13-21(2)10-17-4-3-9-23-17;2*3-2(4,5)1(6)7/h3-6,9,16,19-20H,7-8,10-14H2,1-2H3;2*(H,6,7)/t16-,19-,20+;;/m0../s1. The fourth-order valence-electron chi connectivity index (χ4n) is 4.26. The number of aryl methyl sites for hydroxylation is 1. The van der Waals surface area contributed by atoms with Crippen LogP contribution in [0.4, 0.5) is 26.3 Å². The first kappa shape index (κ1) is 32.6. The van der Waals surface area contributed by atoms with E-state index in [1.165, 1.54) is 29.3 Å². The van der Waals surface area contributed by atoms with Crippen LogP contribution in [-0.4, -0.2) is 83.7 Å². The zero-order valence-electron chi connectivity index (χ0n) is 21.2. The lowest BCUT2D eigenvalue weighted by atomic mass is 9.84. The molecule has 4 heterocycles. The van der Waals surface area contributed by atoms with Crippen LogP contribution in [0, 0.1) is 18.8 Å². The lowest BCUT2D eigenvalue weighted by Crippen LogP contribution is -2.44. The normalized spacial score (nSPS) is 21.4. The predicted octanol–water partition coefficient (Wildman–Crippen LogP) is 4.89. The van der Waals surface area contributed by atoms with Crippen molar-refractivity contribution in [2.24, 2.45) is 11.8 Å². The average molecular weight is 589 g/mol. The van der Waals surface area contributed by atoms with Crippen molar-refractivity contribution in [2.45, 2.75) is 44.9 Å². The summed E-state index contributed by atoms with van der Waals surface area (Å²) in [6.07, 6.45) is -6.80. The number of carboxylic acids is 2. The van der Waals surface area contributed by atoms with Crippen LogP contribution < -0.4 is 0 Å². The van der Waals surface area contributed by atoms with Crippen molar-refractivity contribution >= 4 is 23.3 Å². The summed E-state index contributed by atoms with van der Waals surface area (Å²) in [6, 6.07) is 8.51. The van der Waals surface area contributed by atoms with E-state index in [0.29, 0.717) is 12.0 Å². The summed E-state index contributed by atoms with van der Waals surface area (Å²) in [5.74, 6) is -3.09. The summed E-state index contributed by atoms with van der Waals surface area (Å²) in [5.41, 5.74) is 0. The van der Waals surface area contributed by atoms with Gasteiger partial charge in [-0.2, -0.15) is 26.3 Å². The van der Waals surface area contributed by atoms with Gasteiger partial charge in [0, 0.05) is 35.3 Å². The summed E-state index contributed by atoms with van der Waals surface area (Å²) in [5, 5.41) is 14.2. The number of aliphatic carboxylic acids is 2. The molecule has 8 nitrogen and oxygen atoms in total. The molecule has 2 aliphatic rings. The Bertz CT molecular complexity index is 1020. The molecule has 0 aliphatic carbocycles. The van der Waals surface area contributed by atoms with E-state index in [0.717, 1.165) is 37.9 Å². The van der Waals surface area contributed by atoms with Gasteiger partial charge in [-0.25, -0.2) is 9.59 Å². The fraction of sp³-hybridized carbons (Fsp3) is 0.583. The zero-order chi connectivity index (χ0) is 29.4. The number of hydrogen-bond donors (Lipinski definition) is 2. The molecule has 220 valence electrons. The molecule has 0 aromatic carbocycles. The van der Waals surface area contributed by atoms with Crippen LogP contribution in [0.2, 0.25) is 0 Å². The average Bonchev–Trinajstić information content (AvgIpc) is 3.56. The highest BCUT2D eigenvalue weighted by atomic mass is 32.1. The number of carbonyl (C=O) groups is 2. The third-order valence-electron chi connectivity index (χ3n) is 6.05. The van der Waals surface area contributed by atoms with Gasteiger partial charge in [0.1, 0.15) is 5.76 Å². The van der Waals surface area contributed by atoms with Gasteiger partial charge in [-0.05, 0) is 57.1 Å². The van der Waals surface area contributed by atoms with Gasteiger partial charge in [-0.3, -0.25) is 9.80 Å². The number of likely N-dealkylation sites (N-methyl/N-ethyl adjacent to an activating group) is 1. The first-order chi connectivity index (χ1) is 18.1. The number of carboxylic acid groups (broad SMARTS) is 2. The second-order valence-electron chi connectivity index (χ2n) is 9.21. The molecule has 0 radical (unpaired) electrons. The molecule has 0 bridgehead atoms. The predicted molar refractivity (Wildman–Crippen MR) is 128 cm³/mol. The number of ether oxygens (including phenoxy) is 1. The highest BCUT2D eigenvalue weighted by Crippen LogP contribution is 2.35. The maximum Gasteiger partial charge on any atom is 0.490 e. The molecule has 2 N–H and O–H groups in total. The number of hydrogen-bond acceptors (Lipinski definition) is 7. The van der Waals surface area contributed by atoms with Gasteiger partial charge in [0.05, 0.1) is 25.5 Å². The van der Waals surface area contributed by atoms with Gasteiger partial charge in [-0.15, -0.1) is 11.3 Å². The van der Waals surface area contributed by atoms with E-state index < -0.39 is 24.3 Å². The Hall–Kier alpha value is -2.62. The van der Waals surface area contributed by atoms with Crippen molar-refractivity contribution in [3.63, 3.8) is 0 Å². The molecule has 2 saturated heterocycles. The number of furan rings is 1. The fourth-order valence-corrected chi connectivity index (χ4v) is 5.20. The first-order valence-corrected chi connectivity index (χ1v) is 12.6. The number of thiophene rings is 1. The van der Waals surface area contributed by atoms with Gasteiger partial charge in [-0.1, -0.05) is 0 Å². The quantitative estimate of drug-likeness (QED) is 0.461. The largest absolute Gasteiger partial charge is 0.490 e. The maximum atomic E-state index is 10.6. The van der Waals surface area contributed by atoms with E-state index >= 15 is 0 Å². The Kier molecular flexibility index (Phi) is 11.8. The highest BCUT2D eigenvalue weighted by Gasteiger charge is 2.41. The molecule has 15 heteroatoms. The summed E-state index contributed by atoms with van der Waals surface area (Å²) in [7, 11) is 2.16. The maximum absolute atomic E-state index is 10.6. The minimum atomic E-state index is -5.08. The molecule has 39 heavy (non-hydrogen) atoms. The minimum Gasteiger partial charge on any atom is -0.475 e. The number of fused-ring (bicyclic) bond motifs is 1. The van der Waals surface area contributed by atoms with Crippen LogP contribution in [0.15, 0.2) is 34.9 Å². The van der Waals surface area contributed by atoms with Gasteiger partial charge < -0.3 is 19.4 Å². The Balaban J connectivity index is 0.000000317. The number of piperidine rings is 1. The molecule has 0 saturated carbocycles. The van der Waals surface area contributed by atoms with Crippen LogP contribution in [0.25, 0.3) is 0 Å². The molecule has 2 fully saturated rings. The summed E-state index contributed by atoms with van der Waals surface area (Å²) >= 11 is 1.93. The number of likely N-dealkylation sites (tertiary alicyclic amines) is 1. The summed E-state index contributed by atoms with van der Waals surface area (Å²) in [4.78, 5) is 25.6. The molecule has 0 unspecified atom stereocenters. The third-order valence-corrected chi connectivity index (χ3v) is 7.04. The Labute approximate surface area is 224 Å². The Morgan fingerprint density at radius 1 is 1.10 bits per heavy atom. The van der Waals surface area contributed by atoms with E-state index in [2.05, 4.69) is 35.9 Å². The molecular formula is C24H30F6N2O6S. The molecule has 3 atom stereocenters. The van der Waals surface area contributed by atoms with Crippen molar-refractivity contribution in [3.05, 3.63) is 46.0 Å². The summed E-state index contributed by atoms with van der Waals surface area (Å²) < 4.78 is 75.1. The molecule has 0 spiro atoms. The smallest absolute Gasteiger partial charge is 0.475 e. The van der Waals surface area contributed by atoms with E-state index in [4.69, 9.17) is 29.0 Å².